The quantitative estimate of drug-likeness (QED) is 0.844. The Kier molecular flexibility index (Phi) is 3.84. The average Bonchev–Trinajstić information content (AvgIpc) is 2.14. The summed E-state index contributed by atoms with van der Waals surface area (Å²) in [6.45, 7) is 7.33. The van der Waals surface area contributed by atoms with Gasteiger partial charge < -0.3 is 9.66 Å². The Hall–Kier alpha value is -1.07. The van der Waals surface area contributed by atoms with Crippen LogP contribution in [0.15, 0.2) is 17.0 Å². The predicted molar refractivity (Wildman–Crippen MR) is 64.2 cm³/mol. The topological polar surface area (TPSA) is 77.4 Å². The third kappa shape index (κ3) is 2.98. The Morgan fingerprint density at radius 1 is 1.06 bits per heavy atom. The van der Waals surface area contributed by atoms with Crippen LogP contribution in [0, 0.1) is 0 Å². The molecule has 0 fully saturated rings. The van der Waals surface area contributed by atoms with Gasteiger partial charge in [0.05, 0.1) is 4.90 Å². The van der Waals surface area contributed by atoms with Gasteiger partial charge in [0.2, 0.25) is 0 Å². The Morgan fingerprint density at radius 3 is 1.65 bits per heavy atom. The van der Waals surface area contributed by atoms with Gasteiger partial charge in [0.1, 0.15) is 15.9 Å². The van der Waals surface area contributed by atoms with E-state index in [2.05, 4.69) is 0 Å². The molecule has 0 radical (unpaired) electrons. The highest BCUT2D eigenvalue weighted by molar-refractivity contribution is 7.85. The molecule has 17 heavy (non-hydrogen) atoms. The van der Waals surface area contributed by atoms with Crippen LogP contribution in [-0.4, -0.2) is 18.1 Å². The van der Waals surface area contributed by atoms with Gasteiger partial charge in [0, 0.05) is 0 Å². The molecule has 1 aromatic carbocycles. The van der Waals surface area contributed by atoms with E-state index in [1.165, 1.54) is 12.1 Å². The first kappa shape index (κ1) is 14.0. The summed E-state index contributed by atoms with van der Waals surface area (Å²) >= 11 is 0. The lowest BCUT2D eigenvalue weighted by Gasteiger charge is -2.18. The van der Waals surface area contributed by atoms with Crippen LogP contribution in [0.2, 0.25) is 0 Å². The number of benzene rings is 1. The summed E-state index contributed by atoms with van der Waals surface area (Å²) in [4.78, 5) is -0.275. The first-order chi connectivity index (χ1) is 7.64. The fourth-order valence-corrected chi connectivity index (χ4v) is 2.22. The van der Waals surface area contributed by atoms with E-state index in [4.69, 9.17) is 0 Å². The van der Waals surface area contributed by atoms with Crippen molar-refractivity contribution in [2.24, 2.45) is 0 Å². The van der Waals surface area contributed by atoms with Crippen molar-refractivity contribution < 1.29 is 18.1 Å². The molecular formula is C12H17O4S-. The maximum atomic E-state index is 11.1. The number of rotatable bonds is 3. The van der Waals surface area contributed by atoms with Crippen LogP contribution < -0.4 is 0 Å². The van der Waals surface area contributed by atoms with Gasteiger partial charge in [-0.1, -0.05) is 27.7 Å². The Labute approximate surface area is 102 Å². The molecule has 0 atom stereocenters. The van der Waals surface area contributed by atoms with E-state index in [9.17, 15) is 18.1 Å². The van der Waals surface area contributed by atoms with E-state index < -0.39 is 10.1 Å². The first-order valence-electron chi connectivity index (χ1n) is 5.47. The molecule has 0 amide bonds. The standard InChI is InChI=1S/C12H18O4S/c1-7(2)10-5-9(17(14,15)16)6-11(8(3)4)12(10)13/h5-8,13H,1-4H3,(H,14,15,16)/p-1. The second-order valence-corrected chi connectivity index (χ2v) is 6.09. The Morgan fingerprint density at radius 2 is 1.41 bits per heavy atom. The number of aromatic hydroxyl groups is 1. The van der Waals surface area contributed by atoms with Gasteiger partial charge in [-0.3, -0.25) is 0 Å². The molecule has 0 saturated carbocycles. The van der Waals surface area contributed by atoms with E-state index in [-0.39, 0.29) is 22.5 Å². The lowest BCUT2D eigenvalue weighted by Crippen LogP contribution is -2.04. The maximum Gasteiger partial charge on any atom is 0.124 e. The number of hydrogen-bond donors (Lipinski definition) is 1. The molecule has 0 bridgehead atoms. The van der Waals surface area contributed by atoms with Crippen molar-refractivity contribution in [2.75, 3.05) is 0 Å². The minimum atomic E-state index is -4.49. The third-order valence-corrected chi connectivity index (χ3v) is 3.49. The van der Waals surface area contributed by atoms with Crippen LogP contribution in [-0.2, 0) is 10.1 Å². The van der Waals surface area contributed by atoms with Gasteiger partial charge in [-0.25, -0.2) is 8.42 Å². The zero-order valence-electron chi connectivity index (χ0n) is 10.4. The van der Waals surface area contributed by atoms with Crippen LogP contribution in [0.4, 0.5) is 0 Å². The molecule has 0 aliphatic rings. The lowest BCUT2D eigenvalue weighted by molar-refractivity contribution is 0.450. The van der Waals surface area contributed by atoms with Crippen LogP contribution in [0.1, 0.15) is 50.7 Å². The zero-order valence-corrected chi connectivity index (χ0v) is 11.2. The number of phenols is 1. The third-order valence-electron chi connectivity index (χ3n) is 2.68. The van der Waals surface area contributed by atoms with Crippen molar-refractivity contribution in [1.82, 2.24) is 0 Å². The molecule has 0 aliphatic heterocycles. The molecule has 1 N–H and O–H groups in total. The van der Waals surface area contributed by atoms with E-state index in [1.807, 2.05) is 27.7 Å². The SMILES string of the molecule is CC(C)c1cc(S(=O)(=O)[O-])cc(C(C)C)c1O. The Bertz CT molecular complexity index is 486. The molecule has 5 heteroatoms. The van der Waals surface area contributed by atoms with Crippen LogP contribution in [0.3, 0.4) is 0 Å². The monoisotopic (exact) mass is 257 g/mol. The largest absolute Gasteiger partial charge is 0.744 e. The highest BCUT2D eigenvalue weighted by Crippen LogP contribution is 2.35. The summed E-state index contributed by atoms with van der Waals surface area (Å²) in [6, 6.07) is 2.52. The predicted octanol–water partition coefficient (Wildman–Crippen LogP) is 2.54. The summed E-state index contributed by atoms with van der Waals surface area (Å²) in [5, 5.41) is 10.0. The van der Waals surface area contributed by atoms with Crippen molar-refractivity contribution in [1.29, 1.82) is 0 Å². The fourth-order valence-electron chi connectivity index (χ4n) is 1.68. The lowest BCUT2D eigenvalue weighted by atomic mass is 9.94. The molecule has 1 aromatic rings. The van der Waals surface area contributed by atoms with Crippen LogP contribution in [0.25, 0.3) is 0 Å². The minimum Gasteiger partial charge on any atom is -0.744 e. The summed E-state index contributed by atoms with van der Waals surface area (Å²) < 4.78 is 33.2. The van der Waals surface area contributed by atoms with Crippen molar-refractivity contribution in [3.8, 4) is 5.75 Å². The summed E-state index contributed by atoms with van der Waals surface area (Å²) in [7, 11) is -4.49. The number of hydrogen-bond acceptors (Lipinski definition) is 4. The van der Waals surface area contributed by atoms with Gasteiger partial charge in [-0.05, 0) is 35.1 Å². The molecule has 0 aliphatic carbocycles. The number of phenolic OH excluding ortho intramolecular Hbond substituents is 1. The summed E-state index contributed by atoms with van der Waals surface area (Å²) in [5.41, 5.74) is 0.983. The van der Waals surface area contributed by atoms with Crippen molar-refractivity contribution >= 4 is 10.1 Å². The molecule has 96 valence electrons. The van der Waals surface area contributed by atoms with E-state index >= 15 is 0 Å². The molecule has 0 saturated heterocycles. The van der Waals surface area contributed by atoms with Gasteiger partial charge in [-0.2, -0.15) is 0 Å². The normalized spacial score (nSPS) is 12.4. The molecule has 0 aromatic heterocycles. The second kappa shape index (κ2) is 4.66. The first-order valence-corrected chi connectivity index (χ1v) is 6.88. The highest BCUT2D eigenvalue weighted by Gasteiger charge is 2.17. The van der Waals surface area contributed by atoms with Gasteiger partial charge in [0.15, 0.2) is 0 Å². The zero-order chi connectivity index (χ0) is 13.4. The van der Waals surface area contributed by atoms with E-state index in [0.29, 0.717) is 11.1 Å². The van der Waals surface area contributed by atoms with Crippen molar-refractivity contribution in [2.45, 2.75) is 44.4 Å². The second-order valence-electron chi connectivity index (χ2n) is 4.71. The molecule has 4 nitrogen and oxygen atoms in total. The maximum absolute atomic E-state index is 11.1. The average molecular weight is 257 g/mol. The Balaban J connectivity index is 3.59. The van der Waals surface area contributed by atoms with Crippen molar-refractivity contribution in [3.05, 3.63) is 23.3 Å². The molecule has 0 spiro atoms. The molecular weight excluding hydrogens is 240 g/mol. The van der Waals surface area contributed by atoms with Gasteiger partial charge in [-0.15, -0.1) is 0 Å². The van der Waals surface area contributed by atoms with Crippen LogP contribution >= 0.6 is 0 Å². The molecule has 0 heterocycles. The van der Waals surface area contributed by atoms with Crippen molar-refractivity contribution in [3.63, 3.8) is 0 Å². The van der Waals surface area contributed by atoms with Crippen LogP contribution in [0.5, 0.6) is 5.75 Å². The van der Waals surface area contributed by atoms with Gasteiger partial charge in [0.25, 0.3) is 0 Å². The fraction of sp³-hybridized carbons (Fsp3) is 0.500. The molecule has 1 rings (SSSR count). The summed E-state index contributed by atoms with van der Waals surface area (Å²) in [5.74, 6) is -0.00852. The van der Waals surface area contributed by atoms with E-state index in [1.54, 1.807) is 0 Å². The van der Waals surface area contributed by atoms with E-state index in [0.717, 1.165) is 0 Å². The minimum absolute atomic E-state index is 0.0470. The molecule has 0 unspecified atom stereocenters. The van der Waals surface area contributed by atoms with Gasteiger partial charge >= 0.3 is 0 Å². The highest BCUT2D eigenvalue weighted by atomic mass is 32.2. The smallest absolute Gasteiger partial charge is 0.124 e. The summed E-state index contributed by atoms with van der Waals surface area (Å²) in [6.07, 6.45) is 0.